The van der Waals surface area contributed by atoms with Crippen LogP contribution in [0.15, 0.2) is 26.5 Å². The topological polar surface area (TPSA) is 12.0 Å². The lowest BCUT2D eigenvalue weighted by atomic mass is 10.2. The quantitative estimate of drug-likeness (QED) is 0.695. The Kier molecular flexibility index (Phi) is 6.26. The van der Waals surface area contributed by atoms with Crippen LogP contribution in [-0.4, -0.2) is 12.8 Å². The number of anilines is 1. The fourth-order valence-corrected chi connectivity index (χ4v) is 2.79. The zero-order valence-electron chi connectivity index (χ0n) is 8.98. The van der Waals surface area contributed by atoms with E-state index >= 15 is 0 Å². The lowest BCUT2D eigenvalue weighted by Crippen LogP contribution is -1.99. The Balaban J connectivity index is 2.80. The fourth-order valence-electron chi connectivity index (χ4n) is 1.34. The molecule has 1 nitrogen and oxygen atoms in total. The highest BCUT2D eigenvalue weighted by atomic mass is 79.9. The maximum atomic E-state index is 6.18. The Bertz CT molecular complexity index is 380. The Morgan fingerprint density at radius 3 is 2.69 bits per heavy atom. The van der Waals surface area contributed by atoms with E-state index in [0.29, 0.717) is 0 Å². The van der Waals surface area contributed by atoms with Gasteiger partial charge in [-0.1, -0.05) is 11.6 Å². The summed E-state index contributed by atoms with van der Waals surface area (Å²) in [5.74, 6) is 0. The van der Waals surface area contributed by atoms with Crippen molar-refractivity contribution in [3.63, 3.8) is 0 Å². The third kappa shape index (κ3) is 4.32. The van der Waals surface area contributed by atoms with Crippen molar-refractivity contribution in [1.82, 2.24) is 0 Å². The first-order chi connectivity index (χ1) is 7.54. The number of nitrogens with one attached hydrogen (secondary N) is 1. The summed E-state index contributed by atoms with van der Waals surface area (Å²) in [7, 11) is 0. The van der Waals surface area contributed by atoms with E-state index in [1.807, 2.05) is 18.4 Å². The average molecular weight is 386 g/mol. The fraction of sp³-hybridized carbons (Fsp3) is 0.273. The molecule has 0 unspecified atom stereocenters. The highest BCUT2D eigenvalue weighted by molar-refractivity contribution is 9.28. The number of hydrogen-bond acceptors (Lipinski definition) is 2. The summed E-state index contributed by atoms with van der Waals surface area (Å²) in [5.41, 5.74) is 2.24. The number of halogens is 3. The van der Waals surface area contributed by atoms with E-state index in [0.717, 1.165) is 25.5 Å². The number of rotatable bonds is 4. The molecular weight excluding hydrogens is 373 g/mol. The van der Waals surface area contributed by atoms with Gasteiger partial charge in [0.25, 0.3) is 0 Å². The molecule has 0 heterocycles. The molecule has 0 aliphatic rings. The molecule has 0 saturated heterocycles. The van der Waals surface area contributed by atoms with Crippen LogP contribution in [0.3, 0.4) is 0 Å². The van der Waals surface area contributed by atoms with E-state index in [2.05, 4.69) is 50.2 Å². The Morgan fingerprint density at radius 2 is 2.19 bits per heavy atom. The second-order valence-corrected chi connectivity index (χ2v) is 7.18. The lowest BCUT2D eigenvalue weighted by Gasteiger charge is -2.10. The van der Waals surface area contributed by atoms with Crippen molar-refractivity contribution in [2.24, 2.45) is 0 Å². The van der Waals surface area contributed by atoms with Gasteiger partial charge in [0.05, 0.1) is 8.41 Å². The molecule has 1 aromatic carbocycles. The van der Waals surface area contributed by atoms with Gasteiger partial charge in [0.2, 0.25) is 0 Å². The minimum atomic E-state index is 0.750. The van der Waals surface area contributed by atoms with Crippen molar-refractivity contribution < 1.29 is 0 Å². The van der Waals surface area contributed by atoms with Gasteiger partial charge in [-0.25, -0.2) is 0 Å². The molecule has 1 rings (SSSR count). The second-order valence-electron chi connectivity index (χ2n) is 3.18. The first kappa shape index (κ1) is 14.4. The summed E-state index contributed by atoms with van der Waals surface area (Å²) in [6, 6.07) is 4.06. The summed E-state index contributed by atoms with van der Waals surface area (Å²) >= 11 is 14.5. The second kappa shape index (κ2) is 6.94. The molecule has 0 fully saturated rings. The Labute approximate surface area is 122 Å². The Morgan fingerprint density at radius 1 is 1.50 bits per heavy atom. The highest BCUT2D eigenvalue weighted by Gasteiger charge is 2.04. The van der Waals surface area contributed by atoms with Crippen molar-refractivity contribution in [1.29, 1.82) is 0 Å². The highest BCUT2D eigenvalue weighted by Crippen LogP contribution is 2.31. The van der Waals surface area contributed by atoms with Crippen LogP contribution in [-0.2, 0) is 0 Å². The van der Waals surface area contributed by atoms with Crippen LogP contribution in [0.4, 0.5) is 5.69 Å². The smallest absolute Gasteiger partial charge is 0.0581 e. The molecule has 1 aromatic rings. The van der Waals surface area contributed by atoms with E-state index in [4.69, 9.17) is 11.6 Å². The summed E-state index contributed by atoms with van der Waals surface area (Å²) < 4.78 is 0.941. The molecule has 0 aromatic heterocycles. The van der Waals surface area contributed by atoms with Crippen molar-refractivity contribution in [2.75, 3.05) is 18.1 Å². The Hall–Kier alpha value is 0.360. The molecule has 0 aliphatic carbocycles. The first-order valence-corrected chi connectivity index (χ1v) is 7.82. The molecule has 0 radical (unpaired) electrons. The SMILES string of the molecule is CSc1c(C)cc(NCC=C(Br)Br)cc1Cl. The molecule has 0 atom stereocenters. The van der Waals surface area contributed by atoms with Gasteiger partial charge in [-0.15, -0.1) is 11.8 Å². The van der Waals surface area contributed by atoms with Crippen LogP contribution >= 0.6 is 55.2 Å². The van der Waals surface area contributed by atoms with Crippen molar-refractivity contribution in [3.05, 3.63) is 32.2 Å². The standard InChI is InChI=1S/C11H12Br2ClNS/c1-7-5-8(15-4-3-10(12)13)6-9(14)11(7)16-2/h3,5-6,15H,4H2,1-2H3. The van der Waals surface area contributed by atoms with Gasteiger partial charge in [-0.05, 0) is 68.8 Å². The molecule has 88 valence electrons. The zero-order chi connectivity index (χ0) is 12.1. The first-order valence-electron chi connectivity index (χ1n) is 4.63. The minimum absolute atomic E-state index is 0.750. The van der Waals surface area contributed by atoms with E-state index in [9.17, 15) is 0 Å². The van der Waals surface area contributed by atoms with Crippen LogP contribution in [0.1, 0.15) is 5.56 Å². The van der Waals surface area contributed by atoms with Crippen LogP contribution in [0.2, 0.25) is 5.02 Å². The maximum absolute atomic E-state index is 6.18. The molecule has 5 heteroatoms. The van der Waals surface area contributed by atoms with Gasteiger partial charge in [0.1, 0.15) is 0 Å². The van der Waals surface area contributed by atoms with E-state index in [1.165, 1.54) is 5.56 Å². The normalized spacial score (nSPS) is 10.1. The number of hydrogen-bond donors (Lipinski definition) is 1. The van der Waals surface area contributed by atoms with Crippen LogP contribution < -0.4 is 5.32 Å². The van der Waals surface area contributed by atoms with Gasteiger partial charge in [-0.2, -0.15) is 0 Å². The van der Waals surface area contributed by atoms with Gasteiger partial charge in [0, 0.05) is 17.1 Å². The monoisotopic (exact) mass is 383 g/mol. The van der Waals surface area contributed by atoms with Gasteiger partial charge < -0.3 is 5.32 Å². The summed E-state index contributed by atoms with van der Waals surface area (Å²) in [4.78, 5) is 1.14. The number of benzene rings is 1. The van der Waals surface area contributed by atoms with Crippen LogP contribution in [0.5, 0.6) is 0 Å². The third-order valence-corrected chi connectivity index (χ3v) is 4.00. The molecule has 0 amide bonds. The third-order valence-electron chi connectivity index (χ3n) is 2.00. The average Bonchev–Trinajstić information content (AvgIpc) is 2.16. The van der Waals surface area contributed by atoms with Gasteiger partial charge in [0.15, 0.2) is 0 Å². The predicted octanol–water partition coefficient (Wildman–Crippen LogP) is 5.41. The van der Waals surface area contributed by atoms with Crippen molar-refractivity contribution in [2.45, 2.75) is 11.8 Å². The lowest BCUT2D eigenvalue weighted by molar-refractivity contribution is 1.27. The molecule has 1 N–H and O–H groups in total. The number of thioether (sulfide) groups is 1. The minimum Gasteiger partial charge on any atom is -0.381 e. The predicted molar refractivity (Wildman–Crippen MR) is 82.4 cm³/mol. The molecule has 0 spiro atoms. The molecular formula is C11H12Br2ClNS. The van der Waals surface area contributed by atoms with Crippen LogP contribution in [0, 0.1) is 6.92 Å². The molecule has 16 heavy (non-hydrogen) atoms. The van der Waals surface area contributed by atoms with Crippen molar-refractivity contribution in [3.8, 4) is 0 Å². The summed E-state index contributed by atoms with van der Waals surface area (Å²) in [6.07, 6.45) is 4.03. The van der Waals surface area contributed by atoms with Gasteiger partial charge >= 0.3 is 0 Å². The largest absolute Gasteiger partial charge is 0.381 e. The number of aryl methyl sites for hydroxylation is 1. The van der Waals surface area contributed by atoms with Crippen LogP contribution in [0.25, 0.3) is 0 Å². The van der Waals surface area contributed by atoms with E-state index in [1.54, 1.807) is 11.8 Å². The van der Waals surface area contributed by atoms with E-state index < -0.39 is 0 Å². The van der Waals surface area contributed by atoms with E-state index in [-0.39, 0.29) is 0 Å². The molecule has 0 aliphatic heterocycles. The molecule has 0 bridgehead atoms. The summed E-state index contributed by atoms with van der Waals surface area (Å²) in [5, 5.41) is 4.08. The van der Waals surface area contributed by atoms with Gasteiger partial charge in [-0.3, -0.25) is 0 Å². The molecule has 0 saturated carbocycles. The maximum Gasteiger partial charge on any atom is 0.0581 e. The zero-order valence-corrected chi connectivity index (χ0v) is 13.7. The summed E-state index contributed by atoms with van der Waals surface area (Å²) in [6.45, 7) is 2.82. The van der Waals surface area contributed by atoms with Crippen molar-refractivity contribution >= 4 is 60.9 Å².